The quantitative estimate of drug-likeness (QED) is 0.483. The third kappa shape index (κ3) is 6.41. The molecule has 1 amide bonds. The fraction of sp³-hybridized carbons (Fsp3) is 0.364. The van der Waals surface area contributed by atoms with Crippen molar-refractivity contribution in [2.24, 2.45) is 11.0 Å². The zero-order chi connectivity index (χ0) is 21.2. The topological polar surface area (TPSA) is 78.4 Å². The maximum Gasteiger partial charge on any atom is 0.271 e. The highest BCUT2D eigenvalue weighted by atomic mass is 16.5. The van der Waals surface area contributed by atoms with Crippen LogP contribution in [-0.2, 0) is 0 Å². The van der Waals surface area contributed by atoms with E-state index < -0.39 is 0 Å². The van der Waals surface area contributed by atoms with Crippen LogP contribution < -0.4 is 24.4 Å². The van der Waals surface area contributed by atoms with Gasteiger partial charge in [0.2, 0.25) is 5.75 Å². The molecule has 0 saturated carbocycles. The molecule has 0 fully saturated rings. The number of hydrogen-bond donors (Lipinski definition) is 1. The maximum absolute atomic E-state index is 12.3. The molecule has 0 radical (unpaired) electrons. The molecule has 0 aliphatic rings. The van der Waals surface area contributed by atoms with E-state index in [9.17, 15) is 4.79 Å². The highest BCUT2D eigenvalue weighted by molar-refractivity contribution is 5.95. The van der Waals surface area contributed by atoms with E-state index in [1.165, 1.54) is 27.5 Å². The molecule has 156 valence electrons. The van der Waals surface area contributed by atoms with Gasteiger partial charge >= 0.3 is 0 Å². The highest BCUT2D eigenvalue weighted by Crippen LogP contribution is 2.37. The molecule has 0 atom stereocenters. The zero-order valence-electron chi connectivity index (χ0n) is 17.5. The fourth-order valence-corrected chi connectivity index (χ4v) is 2.52. The van der Waals surface area contributed by atoms with E-state index in [0.29, 0.717) is 40.9 Å². The van der Waals surface area contributed by atoms with Crippen molar-refractivity contribution in [1.29, 1.82) is 0 Å². The van der Waals surface area contributed by atoms with Gasteiger partial charge in [0, 0.05) is 11.1 Å². The van der Waals surface area contributed by atoms with Crippen LogP contribution in [-0.4, -0.2) is 40.1 Å². The average Bonchev–Trinajstić information content (AvgIpc) is 2.73. The number of carbonyl (C=O) groups excluding carboxylic acids is 1. The Bertz CT molecular complexity index is 807. The van der Waals surface area contributed by atoms with Gasteiger partial charge in [-0.25, -0.2) is 5.43 Å². The summed E-state index contributed by atoms with van der Waals surface area (Å²) >= 11 is 0. The molecular weight excluding hydrogens is 372 g/mol. The summed E-state index contributed by atoms with van der Waals surface area (Å²) in [6, 6.07) is 10.4. The van der Waals surface area contributed by atoms with Crippen LogP contribution in [0.15, 0.2) is 41.5 Å². The van der Waals surface area contributed by atoms with Crippen LogP contribution in [0.4, 0.5) is 0 Å². The van der Waals surface area contributed by atoms with Gasteiger partial charge in [-0.3, -0.25) is 4.79 Å². The molecule has 0 saturated heterocycles. The van der Waals surface area contributed by atoms with Gasteiger partial charge in [0.05, 0.1) is 34.2 Å². The smallest absolute Gasteiger partial charge is 0.271 e. The number of hydrogen-bond acceptors (Lipinski definition) is 6. The Kier molecular flexibility index (Phi) is 8.33. The number of carbonyl (C=O) groups is 1. The van der Waals surface area contributed by atoms with Gasteiger partial charge in [-0.05, 0) is 48.7 Å². The Balaban J connectivity index is 1.99. The summed E-state index contributed by atoms with van der Waals surface area (Å²) in [6.45, 7) is 4.95. The lowest BCUT2D eigenvalue weighted by Crippen LogP contribution is -2.17. The first kappa shape index (κ1) is 22.1. The highest BCUT2D eigenvalue weighted by Gasteiger charge is 2.12. The van der Waals surface area contributed by atoms with E-state index in [1.807, 2.05) is 0 Å². The van der Waals surface area contributed by atoms with Crippen molar-refractivity contribution in [2.45, 2.75) is 20.3 Å². The monoisotopic (exact) mass is 400 g/mol. The van der Waals surface area contributed by atoms with Crippen LogP contribution in [0, 0.1) is 5.92 Å². The van der Waals surface area contributed by atoms with Crippen LogP contribution in [0.2, 0.25) is 0 Å². The number of methoxy groups -OCH3 is 3. The Morgan fingerprint density at radius 2 is 1.66 bits per heavy atom. The molecule has 0 heterocycles. The summed E-state index contributed by atoms with van der Waals surface area (Å²) < 4.78 is 21.5. The van der Waals surface area contributed by atoms with Crippen molar-refractivity contribution in [1.82, 2.24) is 5.43 Å². The summed E-state index contributed by atoms with van der Waals surface area (Å²) in [7, 11) is 4.61. The molecule has 29 heavy (non-hydrogen) atoms. The van der Waals surface area contributed by atoms with Gasteiger partial charge in [0.1, 0.15) is 5.75 Å². The molecule has 7 nitrogen and oxygen atoms in total. The van der Waals surface area contributed by atoms with E-state index in [-0.39, 0.29) is 5.91 Å². The average molecular weight is 400 g/mol. The zero-order valence-corrected chi connectivity index (χ0v) is 17.5. The van der Waals surface area contributed by atoms with Crippen LogP contribution in [0.1, 0.15) is 36.2 Å². The van der Waals surface area contributed by atoms with E-state index in [4.69, 9.17) is 18.9 Å². The summed E-state index contributed by atoms with van der Waals surface area (Å²) in [5.74, 6) is 2.52. The molecular formula is C22H28N2O5. The first-order chi connectivity index (χ1) is 14.0. The van der Waals surface area contributed by atoms with E-state index in [0.717, 1.165) is 12.2 Å². The number of amides is 1. The van der Waals surface area contributed by atoms with Gasteiger partial charge < -0.3 is 18.9 Å². The number of ether oxygens (including phenoxy) is 4. The minimum atomic E-state index is -0.317. The molecule has 7 heteroatoms. The second kappa shape index (κ2) is 10.9. The van der Waals surface area contributed by atoms with Gasteiger partial charge in [-0.15, -0.1) is 0 Å². The molecule has 0 aliphatic heterocycles. The molecule has 1 N–H and O–H groups in total. The summed E-state index contributed by atoms with van der Waals surface area (Å²) in [5, 5.41) is 4.01. The lowest BCUT2D eigenvalue weighted by Gasteiger charge is -2.12. The minimum absolute atomic E-state index is 0.317. The van der Waals surface area contributed by atoms with Gasteiger partial charge in [-0.1, -0.05) is 13.8 Å². The minimum Gasteiger partial charge on any atom is -0.494 e. The van der Waals surface area contributed by atoms with E-state index in [2.05, 4.69) is 24.4 Å². The number of nitrogens with zero attached hydrogens (tertiary/aromatic N) is 1. The first-order valence-corrected chi connectivity index (χ1v) is 9.34. The SMILES string of the molecule is COc1cc(C=NNC(=O)c2ccc(OCCC(C)C)cc2)cc(OC)c1OC. The van der Waals surface area contributed by atoms with Crippen LogP contribution >= 0.6 is 0 Å². The molecule has 0 bridgehead atoms. The van der Waals surface area contributed by atoms with Crippen LogP contribution in [0.25, 0.3) is 0 Å². The maximum atomic E-state index is 12.3. The van der Waals surface area contributed by atoms with Crippen molar-refractivity contribution < 1.29 is 23.7 Å². The normalized spacial score (nSPS) is 10.8. The van der Waals surface area contributed by atoms with Gasteiger partial charge in [-0.2, -0.15) is 5.10 Å². The number of benzene rings is 2. The second-order valence-corrected chi connectivity index (χ2v) is 6.71. The number of rotatable bonds is 10. The van der Waals surface area contributed by atoms with Crippen molar-refractivity contribution in [3.05, 3.63) is 47.5 Å². The number of nitrogens with one attached hydrogen (secondary N) is 1. The van der Waals surface area contributed by atoms with Crippen molar-refractivity contribution in [3.8, 4) is 23.0 Å². The molecule has 2 aromatic rings. The molecule has 0 aliphatic carbocycles. The van der Waals surface area contributed by atoms with E-state index in [1.54, 1.807) is 36.4 Å². The van der Waals surface area contributed by atoms with Gasteiger partial charge in [0.25, 0.3) is 5.91 Å². The van der Waals surface area contributed by atoms with Crippen molar-refractivity contribution in [3.63, 3.8) is 0 Å². The largest absolute Gasteiger partial charge is 0.494 e. The number of hydrazone groups is 1. The third-order valence-corrected chi connectivity index (χ3v) is 4.15. The predicted molar refractivity (Wildman–Crippen MR) is 113 cm³/mol. The Morgan fingerprint density at radius 3 is 2.17 bits per heavy atom. The fourth-order valence-electron chi connectivity index (χ4n) is 2.52. The predicted octanol–water partition coefficient (Wildman–Crippen LogP) is 3.90. The first-order valence-electron chi connectivity index (χ1n) is 9.34. The summed E-state index contributed by atoms with van der Waals surface area (Å²) in [6.07, 6.45) is 2.49. The molecule has 2 rings (SSSR count). The van der Waals surface area contributed by atoms with Crippen molar-refractivity contribution >= 4 is 12.1 Å². The molecule has 0 unspecified atom stereocenters. The second-order valence-electron chi connectivity index (χ2n) is 6.71. The lowest BCUT2D eigenvalue weighted by molar-refractivity contribution is 0.0955. The Morgan fingerprint density at radius 1 is 1.03 bits per heavy atom. The summed E-state index contributed by atoms with van der Waals surface area (Å²) in [4.78, 5) is 12.3. The van der Waals surface area contributed by atoms with E-state index >= 15 is 0 Å². The Labute approximate surface area is 171 Å². The molecule has 2 aromatic carbocycles. The molecule has 0 aromatic heterocycles. The molecule has 0 spiro atoms. The third-order valence-electron chi connectivity index (χ3n) is 4.15. The lowest BCUT2D eigenvalue weighted by atomic mass is 10.1. The van der Waals surface area contributed by atoms with Crippen molar-refractivity contribution in [2.75, 3.05) is 27.9 Å². The van der Waals surface area contributed by atoms with Gasteiger partial charge in [0.15, 0.2) is 11.5 Å². The van der Waals surface area contributed by atoms with Crippen LogP contribution in [0.5, 0.6) is 23.0 Å². The Hall–Kier alpha value is -3.22. The summed E-state index contributed by atoms with van der Waals surface area (Å²) in [5.41, 5.74) is 3.68. The van der Waals surface area contributed by atoms with Crippen LogP contribution in [0.3, 0.4) is 0 Å². The standard InChI is InChI=1S/C22H28N2O5/c1-15(2)10-11-29-18-8-6-17(7-9-18)22(25)24-23-14-16-12-19(26-3)21(28-5)20(13-16)27-4/h6-9,12-15H,10-11H2,1-5H3,(H,24,25).